The lowest BCUT2D eigenvalue weighted by Gasteiger charge is -2.23. The van der Waals surface area contributed by atoms with E-state index in [0.29, 0.717) is 0 Å². The highest BCUT2D eigenvalue weighted by atomic mass is 15.2. The van der Waals surface area contributed by atoms with Crippen LogP contribution in [0.25, 0.3) is 0 Å². The Morgan fingerprint density at radius 2 is 1.95 bits per heavy atom. The highest BCUT2D eigenvalue weighted by Gasteiger charge is 2.06. The smallest absolute Gasteiger partial charge is 0.128 e. The van der Waals surface area contributed by atoms with Crippen LogP contribution < -0.4 is 10.2 Å². The van der Waals surface area contributed by atoms with Gasteiger partial charge in [-0.15, -0.1) is 0 Å². The lowest BCUT2D eigenvalue weighted by molar-refractivity contribution is 0.644. The fourth-order valence-electron chi connectivity index (χ4n) is 1.91. The van der Waals surface area contributed by atoms with Crippen molar-refractivity contribution in [1.29, 1.82) is 0 Å². The Labute approximate surface area is 119 Å². The molecule has 1 N–H and O–H groups in total. The van der Waals surface area contributed by atoms with E-state index >= 15 is 0 Å². The van der Waals surface area contributed by atoms with Gasteiger partial charge in [0.15, 0.2) is 0 Å². The number of nitrogens with one attached hydrogen (secondary N) is 1. The molecule has 1 aromatic heterocycles. The number of hydrogen-bond donors (Lipinski definition) is 1. The monoisotopic (exact) mass is 265 g/mol. The zero-order valence-corrected chi connectivity index (χ0v) is 13.4. The topological polar surface area (TPSA) is 28.2 Å². The first-order valence-corrected chi connectivity index (χ1v) is 7.60. The minimum Gasteiger partial charge on any atom is -0.357 e. The molecule has 0 unspecified atom stereocenters. The molecule has 0 aliphatic carbocycles. The normalized spacial score (nSPS) is 9.74. The van der Waals surface area contributed by atoms with Crippen LogP contribution in [0, 0.1) is 6.92 Å². The Hall–Kier alpha value is -1.09. The van der Waals surface area contributed by atoms with E-state index < -0.39 is 0 Å². The minimum atomic E-state index is 1.09. The summed E-state index contributed by atoms with van der Waals surface area (Å²) in [4.78, 5) is 6.86. The first-order chi connectivity index (χ1) is 9.27. The average molecular weight is 265 g/mol. The van der Waals surface area contributed by atoms with Crippen LogP contribution in [0.15, 0.2) is 18.3 Å². The molecule has 110 valence electrons. The number of aryl methyl sites for hydroxylation is 1. The number of pyridine rings is 1. The third-order valence-corrected chi connectivity index (χ3v) is 2.82. The summed E-state index contributed by atoms with van der Waals surface area (Å²) in [6, 6.07) is 4.22. The van der Waals surface area contributed by atoms with Gasteiger partial charge in [0.05, 0.1) is 0 Å². The number of anilines is 1. The van der Waals surface area contributed by atoms with Gasteiger partial charge in [-0.25, -0.2) is 4.98 Å². The van der Waals surface area contributed by atoms with Crippen molar-refractivity contribution in [3.8, 4) is 0 Å². The maximum Gasteiger partial charge on any atom is 0.128 e. The standard InChI is InChI=1S/C14H25N3.C2H6/c1-4-10-17(11-6-5-8-15-3)14-12-13(2)7-9-16-14;1-2/h7,9,12,15H,4-6,8,10-11H2,1-3H3;1-2H3. The van der Waals surface area contributed by atoms with Gasteiger partial charge in [0, 0.05) is 19.3 Å². The zero-order valence-electron chi connectivity index (χ0n) is 13.4. The molecular weight excluding hydrogens is 234 g/mol. The fraction of sp³-hybridized carbons (Fsp3) is 0.688. The number of hydrogen-bond acceptors (Lipinski definition) is 3. The molecule has 0 radical (unpaired) electrons. The number of nitrogens with zero attached hydrogens (tertiary/aromatic N) is 2. The Morgan fingerprint density at radius 3 is 2.53 bits per heavy atom. The van der Waals surface area contributed by atoms with Crippen molar-refractivity contribution >= 4 is 5.82 Å². The van der Waals surface area contributed by atoms with Crippen molar-refractivity contribution in [2.24, 2.45) is 0 Å². The molecule has 0 fully saturated rings. The summed E-state index contributed by atoms with van der Waals surface area (Å²) in [6.07, 6.45) is 5.52. The number of rotatable bonds is 8. The Kier molecular flexibility index (Phi) is 11.3. The molecule has 1 rings (SSSR count). The van der Waals surface area contributed by atoms with Crippen LogP contribution >= 0.6 is 0 Å². The van der Waals surface area contributed by atoms with E-state index in [4.69, 9.17) is 0 Å². The highest BCUT2D eigenvalue weighted by Crippen LogP contribution is 2.13. The minimum absolute atomic E-state index is 1.09. The van der Waals surface area contributed by atoms with Crippen molar-refractivity contribution in [1.82, 2.24) is 10.3 Å². The molecule has 0 atom stereocenters. The first-order valence-electron chi connectivity index (χ1n) is 7.60. The molecule has 0 saturated carbocycles. The van der Waals surface area contributed by atoms with Gasteiger partial charge < -0.3 is 10.2 Å². The van der Waals surface area contributed by atoms with Crippen LogP contribution in [0.5, 0.6) is 0 Å². The van der Waals surface area contributed by atoms with E-state index in [2.05, 4.69) is 41.2 Å². The largest absolute Gasteiger partial charge is 0.357 e. The third-order valence-electron chi connectivity index (χ3n) is 2.82. The van der Waals surface area contributed by atoms with E-state index in [9.17, 15) is 0 Å². The van der Waals surface area contributed by atoms with Crippen molar-refractivity contribution in [2.75, 3.05) is 31.6 Å². The van der Waals surface area contributed by atoms with Gasteiger partial charge in [-0.3, -0.25) is 0 Å². The van der Waals surface area contributed by atoms with Crippen LogP contribution in [-0.2, 0) is 0 Å². The second-order valence-corrected chi connectivity index (χ2v) is 4.49. The number of unbranched alkanes of at least 4 members (excludes halogenated alkanes) is 1. The molecule has 3 heteroatoms. The summed E-state index contributed by atoms with van der Waals surface area (Å²) in [6.45, 7) is 11.6. The molecule has 0 saturated heterocycles. The predicted octanol–water partition coefficient (Wildman–Crippen LogP) is 3.63. The molecule has 0 aromatic carbocycles. The second-order valence-electron chi connectivity index (χ2n) is 4.49. The van der Waals surface area contributed by atoms with Gasteiger partial charge in [-0.1, -0.05) is 20.8 Å². The Balaban J connectivity index is 0.00000154. The van der Waals surface area contributed by atoms with Crippen LogP contribution in [0.3, 0.4) is 0 Å². The van der Waals surface area contributed by atoms with E-state index in [1.807, 2.05) is 27.1 Å². The highest BCUT2D eigenvalue weighted by molar-refractivity contribution is 5.40. The molecule has 0 bridgehead atoms. The van der Waals surface area contributed by atoms with Crippen LogP contribution in [0.1, 0.15) is 45.6 Å². The number of aromatic nitrogens is 1. The van der Waals surface area contributed by atoms with Gasteiger partial charge in [0.2, 0.25) is 0 Å². The van der Waals surface area contributed by atoms with E-state index in [1.54, 1.807) is 0 Å². The fourth-order valence-corrected chi connectivity index (χ4v) is 1.91. The third kappa shape index (κ3) is 7.83. The maximum absolute atomic E-state index is 4.47. The second kappa shape index (κ2) is 12.0. The molecule has 0 spiro atoms. The van der Waals surface area contributed by atoms with Gasteiger partial charge in [-0.05, 0) is 57.5 Å². The van der Waals surface area contributed by atoms with E-state index in [0.717, 1.165) is 25.5 Å². The van der Waals surface area contributed by atoms with Gasteiger partial charge in [0.25, 0.3) is 0 Å². The molecule has 0 aliphatic heterocycles. The predicted molar refractivity (Wildman–Crippen MR) is 86.0 cm³/mol. The lowest BCUT2D eigenvalue weighted by atomic mass is 10.2. The summed E-state index contributed by atoms with van der Waals surface area (Å²) < 4.78 is 0. The van der Waals surface area contributed by atoms with E-state index in [-0.39, 0.29) is 0 Å². The van der Waals surface area contributed by atoms with Crippen molar-refractivity contribution in [2.45, 2.75) is 47.0 Å². The molecule has 1 heterocycles. The van der Waals surface area contributed by atoms with Crippen LogP contribution in [0.2, 0.25) is 0 Å². The SMILES string of the molecule is CC.CCCN(CCCCNC)c1cc(C)ccn1. The van der Waals surface area contributed by atoms with Crippen molar-refractivity contribution in [3.05, 3.63) is 23.9 Å². The van der Waals surface area contributed by atoms with Gasteiger partial charge >= 0.3 is 0 Å². The molecule has 19 heavy (non-hydrogen) atoms. The summed E-state index contributed by atoms with van der Waals surface area (Å²) in [5.41, 5.74) is 1.28. The lowest BCUT2D eigenvalue weighted by Crippen LogP contribution is -2.26. The Bertz CT molecular complexity index is 313. The first kappa shape index (κ1) is 17.9. The molecular formula is C16H31N3. The quantitative estimate of drug-likeness (QED) is 0.728. The summed E-state index contributed by atoms with van der Waals surface area (Å²) >= 11 is 0. The van der Waals surface area contributed by atoms with Gasteiger partial charge in [0.1, 0.15) is 5.82 Å². The van der Waals surface area contributed by atoms with Gasteiger partial charge in [-0.2, -0.15) is 0 Å². The van der Waals surface area contributed by atoms with Crippen LogP contribution in [-0.4, -0.2) is 31.7 Å². The zero-order chi connectivity index (χ0) is 14.5. The Morgan fingerprint density at radius 1 is 1.21 bits per heavy atom. The molecule has 0 amide bonds. The van der Waals surface area contributed by atoms with Crippen molar-refractivity contribution in [3.63, 3.8) is 0 Å². The average Bonchev–Trinajstić information content (AvgIpc) is 2.44. The summed E-state index contributed by atoms with van der Waals surface area (Å²) in [5, 5.41) is 3.19. The maximum atomic E-state index is 4.47. The molecule has 3 nitrogen and oxygen atoms in total. The molecule has 1 aromatic rings. The molecule has 0 aliphatic rings. The van der Waals surface area contributed by atoms with Crippen LogP contribution in [0.4, 0.5) is 5.82 Å². The summed E-state index contributed by atoms with van der Waals surface area (Å²) in [7, 11) is 2.01. The van der Waals surface area contributed by atoms with Crippen molar-refractivity contribution < 1.29 is 0 Å². The summed E-state index contributed by atoms with van der Waals surface area (Å²) in [5.74, 6) is 1.12. The van der Waals surface area contributed by atoms with E-state index in [1.165, 1.54) is 24.8 Å².